The molecule has 1 heterocycles. The lowest BCUT2D eigenvalue weighted by molar-refractivity contribution is -0.136. The van der Waals surface area contributed by atoms with E-state index in [-0.39, 0.29) is 12.3 Å². The van der Waals surface area contributed by atoms with Crippen LogP contribution in [-0.4, -0.2) is 31.2 Å². The van der Waals surface area contributed by atoms with E-state index in [1.54, 1.807) is 12.0 Å². The second-order valence-electron chi connectivity index (χ2n) is 6.00. The molecule has 1 aliphatic rings. The number of methoxy groups -OCH3 is 1. The number of para-hydroxylation sites is 1. The van der Waals surface area contributed by atoms with Gasteiger partial charge in [-0.05, 0) is 36.7 Å². The number of nitrogens with zero attached hydrogens (tertiary/aromatic N) is 1. The van der Waals surface area contributed by atoms with Crippen molar-refractivity contribution in [3.63, 3.8) is 0 Å². The molecule has 0 radical (unpaired) electrons. The predicted octanol–water partition coefficient (Wildman–Crippen LogP) is 1.82. The molecule has 3 rings (SSSR count). The topological polar surface area (TPSA) is 75.8 Å². The lowest BCUT2D eigenvalue weighted by Crippen LogP contribution is -2.42. The fraction of sp³-hybridized carbons (Fsp3) is 0.316. The zero-order valence-corrected chi connectivity index (χ0v) is 13.7. The number of nitrogens with two attached hydrogens (primary N) is 1. The molecule has 0 bridgehead atoms. The first-order valence-electron chi connectivity index (χ1n) is 8.07. The van der Waals surface area contributed by atoms with E-state index in [0.717, 1.165) is 11.3 Å². The van der Waals surface area contributed by atoms with Crippen LogP contribution >= 0.6 is 0 Å². The van der Waals surface area contributed by atoms with Gasteiger partial charge in [-0.3, -0.25) is 4.79 Å². The van der Waals surface area contributed by atoms with Gasteiger partial charge in [0.2, 0.25) is 0 Å². The van der Waals surface area contributed by atoms with Crippen LogP contribution in [0.4, 0.5) is 5.69 Å². The zero-order chi connectivity index (χ0) is 17.2. The van der Waals surface area contributed by atoms with E-state index in [2.05, 4.69) is 0 Å². The van der Waals surface area contributed by atoms with Gasteiger partial charge < -0.3 is 20.5 Å². The largest absolute Gasteiger partial charge is 0.497 e. The summed E-state index contributed by atoms with van der Waals surface area (Å²) in [4.78, 5) is 14.6. The molecule has 0 fully saturated rings. The fourth-order valence-electron chi connectivity index (χ4n) is 3.23. The number of anilines is 1. The summed E-state index contributed by atoms with van der Waals surface area (Å²) in [7, 11) is 1.60. The van der Waals surface area contributed by atoms with Gasteiger partial charge in [0.15, 0.2) is 5.60 Å². The second kappa shape index (κ2) is 6.63. The zero-order valence-electron chi connectivity index (χ0n) is 13.7. The molecule has 24 heavy (non-hydrogen) atoms. The molecule has 1 unspecified atom stereocenters. The van der Waals surface area contributed by atoms with Crippen LogP contribution in [0.1, 0.15) is 17.5 Å². The van der Waals surface area contributed by atoms with Crippen molar-refractivity contribution in [2.24, 2.45) is 5.73 Å². The van der Waals surface area contributed by atoms with E-state index in [1.165, 1.54) is 0 Å². The summed E-state index contributed by atoms with van der Waals surface area (Å²) in [6.45, 7) is 1.01. The monoisotopic (exact) mass is 326 g/mol. The highest BCUT2D eigenvalue weighted by Crippen LogP contribution is 2.42. The van der Waals surface area contributed by atoms with Crippen molar-refractivity contribution in [1.29, 1.82) is 0 Å². The molecule has 1 atom stereocenters. The first kappa shape index (κ1) is 16.5. The minimum atomic E-state index is -1.56. The highest BCUT2D eigenvalue weighted by Gasteiger charge is 2.49. The number of hydrogen-bond acceptors (Lipinski definition) is 4. The van der Waals surface area contributed by atoms with Gasteiger partial charge in [0.05, 0.1) is 12.8 Å². The number of rotatable bonds is 6. The molecule has 0 spiro atoms. The molecular formula is C19H22N2O3. The molecule has 2 aromatic carbocycles. The molecule has 3 N–H and O–H groups in total. The summed E-state index contributed by atoms with van der Waals surface area (Å²) in [5.74, 6) is 0.412. The Morgan fingerprint density at radius 2 is 2.00 bits per heavy atom. The van der Waals surface area contributed by atoms with Gasteiger partial charge in [-0.1, -0.05) is 30.3 Å². The number of hydrogen-bond donors (Lipinski definition) is 2. The Bertz CT molecular complexity index is 747. The summed E-state index contributed by atoms with van der Waals surface area (Å²) < 4.78 is 5.23. The number of benzene rings is 2. The molecular weight excluding hydrogens is 304 g/mol. The number of fused-ring (bicyclic) bond motifs is 1. The van der Waals surface area contributed by atoms with E-state index in [1.807, 2.05) is 48.5 Å². The van der Waals surface area contributed by atoms with Crippen LogP contribution in [0, 0.1) is 0 Å². The van der Waals surface area contributed by atoms with Crippen LogP contribution in [-0.2, 0) is 16.8 Å². The Hall–Kier alpha value is -2.37. The third-order valence-electron chi connectivity index (χ3n) is 4.42. The van der Waals surface area contributed by atoms with Crippen molar-refractivity contribution in [3.8, 4) is 5.75 Å². The molecule has 1 amide bonds. The van der Waals surface area contributed by atoms with E-state index in [0.29, 0.717) is 30.8 Å². The maximum Gasteiger partial charge on any atom is 0.264 e. The van der Waals surface area contributed by atoms with Crippen molar-refractivity contribution in [1.82, 2.24) is 0 Å². The number of amides is 1. The normalized spacial score (nSPS) is 19.5. The molecule has 5 nitrogen and oxygen atoms in total. The molecule has 0 aliphatic carbocycles. The van der Waals surface area contributed by atoms with Gasteiger partial charge in [-0.25, -0.2) is 0 Å². The van der Waals surface area contributed by atoms with Crippen molar-refractivity contribution < 1.29 is 14.6 Å². The van der Waals surface area contributed by atoms with Crippen LogP contribution in [0.5, 0.6) is 5.75 Å². The molecule has 0 saturated carbocycles. The first-order valence-corrected chi connectivity index (χ1v) is 8.07. The van der Waals surface area contributed by atoms with Gasteiger partial charge in [0, 0.05) is 18.5 Å². The van der Waals surface area contributed by atoms with Gasteiger partial charge >= 0.3 is 0 Å². The van der Waals surface area contributed by atoms with E-state index < -0.39 is 5.60 Å². The number of aliphatic hydroxyl groups is 1. The van der Waals surface area contributed by atoms with Crippen LogP contribution < -0.4 is 15.4 Å². The number of ether oxygens (including phenoxy) is 1. The van der Waals surface area contributed by atoms with Gasteiger partial charge in [-0.2, -0.15) is 0 Å². The van der Waals surface area contributed by atoms with Crippen molar-refractivity contribution in [2.45, 2.75) is 18.4 Å². The lowest BCUT2D eigenvalue weighted by atomic mass is 9.88. The van der Waals surface area contributed by atoms with Gasteiger partial charge in [0.1, 0.15) is 5.75 Å². The van der Waals surface area contributed by atoms with Crippen LogP contribution in [0.2, 0.25) is 0 Å². The Morgan fingerprint density at radius 3 is 2.75 bits per heavy atom. The Labute approximate surface area is 141 Å². The first-order chi connectivity index (χ1) is 11.6. The van der Waals surface area contributed by atoms with Crippen LogP contribution in [0.3, 0.4) is 0 Å². The van der Waals surface area contributed by atoms with Gasteiger partial charge in [-0.15, -0.1) is 0 Å². The highest BCUT2D eigenvalue weighted by atomic mass is 16.5. The van der Waals surface area contributed by atoms with E-state index >= 15 is 0 Å². The number of carbonyl (C=O) groups is 1. The Balaban J connectivity index is 1.97. The SMILES string of the molecule is COc1cccc(CC2(O)C(=O)N(CCCN)c3ccccc32)c1. The summed E-state index contributed by atoms with van der Waals surface area (Å²) in [5, 5.41) is 11.2. The minimum Gasteiger partial charge on any atom is -0.497 e. The third-order valence-corrected chi connectivity index (χ3v) is 4.42. The molecule has 1 aliphatic heterocycles. The summed E-state index contributed by atoms with van der Waals surface area (Å²) in [6, 6.07) is 14.8. The smallest absolute Gasteiger partial charge is 0.264 e. The Kier molecular flexibility index (Phi) is 4.55. The fourth-order valence-corrected chi connectivity index (χ4v) is 3.23. The summed E-state index contributed by atoms with van der Waals surface area (Å²) in [6.07, 6.45) is 0.897. The van der Waals surface area contributed by atoms with E-state index in [4.69, 9.17) is 10.5 Å². The highest BCUT2D eigenvalue weighted by molar-refractivity contribution is 6.07. The average Bonchev–Trinajstić information content (AvgIpc) is 2.81. The summed E-state index contributed by atoms with van der Waals surface area (Å²) >= 11 is 0. The van der Waals surface area contributed by atoms with Crippen LogP contribution in [0.15, 0.2) is 48.5 Å². The number of carbonyl (C=O) groups excluding carboxylic acids is 1. The summed E-state index contributed by atoms with van der Waals surface area (Å²) in [5.41, 5.74) is 6.28. The molecule has 5 heteroatoms. The Morgan fingerprint density at radius 1 is 1.21 bits per heavy atom. The molecule has 0 saturated heterocycles. The van der Waals surface area contributed by atoms with Crippen molar-refractivity contribution >= 4 is 11.6 Å². The molecule has 126 valence electrons. The molecule has 2 aromatic rings. The predicted molar refractivity (Wildman–Crippen MR) is 93.1 cm³/mol. The molecule has 0 aromatic heterocycles. The lowest BCUT2D eigenvalue weighted by Gasteiger charge is -2.23. The van der Waals surface area contributed by atoms with E-state index in [9.17, 15) is 9.90 Å². The standard InChI is InChI=1S/C19H22N2O3/c1-24-15-7-4-6-14(12-15)13-19(23)16-8-2-3-9-17(16)21(18(19)22)11-5-10-20/h2-4,6-9,12,23H,5,10-11,13,20H2,1H3. The van der Waals surface area contributed by atoms with Crippen molar-refractivity contribution in [3.05, 3.63) is 59.7 Å². The minimum absolute atomic E-state index is 0.208. The third kappa shape index (κ3) is 2.77. The maximum absolute atomic E-state index is 13.0. The maximum atomic E-state index is 13.0. The quantitative estimate of drug-likeness (QED) is 0.849. The second-order valence-corrected chi connectivity index (χ2v) is 6.00. The van der Waals surface area contributed by atoms with Crippen LogP contribution in [0.25, 0.3) is 0 Å². The van der Waals surface area contributed by atoms with Gasteiger partial charge in [0.25, 0.3) is 5.91 Å². The van der Waals surface area contributed by atoms with Crippen molar-refractivity contribution in [2.75, 3.05) is 25.1 Å². The average molecular weight is 326 g/mol.